The third-order valence-electron chi connectivity index (χ3n) is 2.64. The van der Waals surface area contributed by atoms with Crippen LogP contribution in [0.2, 0.25) is 0 Å². The number of furan rings is 1. The molecule has 0 aliphatic carbocycles. The molecule has 1 aromatic heterocycles. The summed E-state index contributed by atoms with van der Waals surface area (Å²) in [5, 5.41) is 0. The molecule has 1 rings (SSSR count). The molecule has 0 bridgehead atoms. The van der Waals surface area contributed by atoms with Gasteiger partial charge in [0.1, 0.15) is 0 Å². The van der Waals surface area contributed by atoms with Gasteiger partial charge in [-0.1, -0.05) is 6.92 Å². The predicted octanol–water partition coefficient (Wildman–Crippen LogP) is 2.54. The number of hydrogen-bond acceptors (Lipinski definition) is 4. The molecule has 0 aliphatic heterocycles. The molecule has 1 unspecified atom stereocenters. The van der Waals surface area contributed by atoms with Gasteiger partial charge in [0.05, 0.1) is 12.8 Å². The summed E-state index contributed by atoms with van der Waals surface area (Å²) < 4.78 is 5.09. The number of thioether (sulfide) groups is 1. The lowest BCUT2D eigenvalue weighted by molar-refractivity contribution is 0.0897. The molecule has 0 aliphatic rings. The molecule has 0 saturated heterocycles. The monoisotopic (exact) mass is 241 g/mol. The minimum Gasteiger partial charge on any atom is -0.461 e. The van der Waals surface area contributed by atoms with E-state index in [1.54, 1.807) is 12.1 Å². The van der Waals surface area contributed by atoms with Gasteiger partial charge >= 0.3 is 0 Å². The standard InChI is InChI=1S/C12H19NO2S/c1-4-10(9-16-3)13(2)8-11(14)12-6-5-7-15-12/h5-7,10H,4,8-9H2,1-3H3. The Hall–Kier alpha value is -0.740. The molecular formula is C12H19NO2S. The SMILES string of the molecule is CCC(CSC)N(C)CC(=O)c1ccco1. The van der Waals surface area contributed by atoms with E-state index < -0.39 is 0 Å². The van der Waals surface area contributed by atoms with Gasteiger partial charge in [0.25, 0.3) is 0 Å². The maximum absolute atomic E-state index is 11.8. The van der Waals surface area contributed by atoms with Crippen molar-refractivity contribution >= 4 is 17.5 Å². The molecular weight excluding hydrogens is 222 g/mol. The largest absolute Gasteiger partial charge is 0.461 e. The minimum absolute atomic E-state index is 0.0482. The van der Waals surface area contributed by atoms with Crippen LogP contribution < -0.4 is 0 Å². The second-order valence-electron chi connectivity index (χ2n) is 3.83. The quantitative estimate of drug-likeness (QED) is 0.687. The molecule has 1 atom stereocenters. The van der Waals surface area contributed by atoms with Crippen LogP contribution in [-0.4, -0.2) is 42.3 Å². The van der Waals surface area contributed by atoms with Crippen LogP contribution in [0.15, 0.2) is 22.8 Å². The van der Waals surface area contributed by atoms with Crippen molar-refractivity contribution in [3.8, 4) is 0 Å². The highest BCUT2D eigenvalue weighted by molar-refractivity contribution is 7.98. The summed E-state index contributed by atoms with van der Waals surface area (Å²) in [5.41, 5.74) is 0. The zero-order chi connectivity index (χ0) is 12.0. The highest BCUT2D eigenvalue weighted by atomic mass is 32.2. The molecule has 0 spiro atoms. The number of rotatable bonds is 7. The van der Waals surface area contributed by atoms with Crippen LogP contribution in [0.3, 0.4) is 0 Å². The van der Waals surface area contributed by atoms with Gasteiger partial charge in [0, 0.05) is 11.8 Å². The van der Waals surface area contributed by atoms with E-state index in [4.69, 9.17) is 4.42 Å². The Morgan fingerprint density at radius 1 is 1.62 bits per heavy atom. The highest BCUT2D eigenvalue weighted by Gasteiger charge is 2.17. The van der Waals surface area contributed by atoms with E-state index in [1.165, 1.54) is 6.26 Å². The average Bonchev–Trinajstić information content (AvgIpc) is 2.78. The zero-order valence-corrected chi connectivity index (χ0v) is 10.9. The highest BCUT2D eigenvalue weighted by Crippen LogP contribution is 2.10. The first kappa shape index (κ1) is 13.3. The van der Waals surface area contributed by atoms with Crippen LogP contribution in [0.4, 0.5) is 0 Å². The van der Waals surface area contributed by atoms with Gasteiger partial charge in [-0.2, -0.15) is 11.8 Å². The number of Topliss-reactive ketones (excluding diaryl/α,β-unsaturated/α-hetero) is 1. The van der Waals surface area contributed by atoms with Crippen molar-refractivity contribution in [3.05, 3.63) is 24.2 Å². The maximum Gasteiger partial charge on any atom is 0.211 e. The Kier molecular flexibility index (Phi) is 5.63. The minimum atomic E-state index is 0.0482. The summed E-state index contributed by atoms with van der Waals surface area (Å²) in [7, 11) is 1.99. The number of ketones is 1. The van der Waals surface area contributed by atoms with Crippen molar-refractivity contribution in [2.45, 2.75) is 19.4 Å². The van der Waals surface area contributed by atoms with Crippen LogP contribution in [0, 0.1) is 0 Å². The smallest absolute Gasteiger partial charge is 0.211 e. The van der Waals surface area contributed by atoms with Crippen LogP contribution in [0.25, 0.3) is 0 Å². The van der Waals surface area contributed by atoms with Gasteiger partial charge in [-0.05, 0) is 31.9 Å². The second kappa shape index (κ2) is 6.76. The Bertz CT molecular complexity index is 311. The predicted molar refractivity (Wildman–Crippen MR) is 68.1 cm³/mol. The first-order valence-corrected chi connectivity index (χ1v) is 6.84. The number of nitrogens with zero attached hydrogens (tertiary/aromatic N) is 1. The third-order valence-corrected chi connectivity index (χ3v) is 3.36. The summed E-state index contributed by atoms with van der Waals surface area (Å²) in [6, 6.07) is 3.91. The lowest BCUT2D eigenvalue weighted by Gasteiger charge is -2.25. The van der Waals surface area contributed by atoms with Gasteiger partial charge in [-0.25, -0.2) is 0 Å². The van der Waals surface area contributed by atoms with E-state index in [-0.39, 0.29) is 5.78 Å². The van der Waals surface area contributed by atoms with Crippen molar-refractivity contribution in [1.82, 2.24) is 4.90 Å². The van der Waals surface area contributed by atoms with Gasteiger partial charge in [-0.15, -0.1) is 0 Å². The molecule has 16 heavy (non-hydrogen) atoms. The topological polar surface area (TPSA) is 33.5 Å². The summed E-state index contributed by atoms with van der Waals surface area (Å²) in [5.74, 6) is 1.55. The van der Waals surface area contributed by atoms with E-state index in [0.29, 0.717) is 18.3 Å². The fraction of sp³-hybridized carbons (Fsp3) is 0.583. The second-order valence-corrected chi connectivity index (χ2v) is 4.74. The first-order valence-electron chi connectivity index (χ1n) is 5.45. The van der Waals surface area contributed by atoms with Gasteiger partial charge in [0.2, 0.25) is 5.78 Å². The zero-order valence-electron chi connectivity index (χ0n) is 10.1. The molecule has 3 nitrogen and oxygen atoms in total. The number of likely N-dealkylation sites (N-methyl/N-ethyl adjacent to an activating group) is 1. The number of hydrogen-bond donors (Lipinski definition) is 0. The molecule has 0 fully saturated rings. The fourth-order valence-corrected chi connectivity index (χ4v) is 2.49. The molecule has 4 heteroatoms. The molecule has 90 valence electrons. The van der Waals surface area contributed by atoms with Crippen LogP contribution in [0.1, 0.15) is 23.9 Å². The number of carbonyl (C=O) groups excluding carboxylic acids is 1. The Balaban J connectivity index is 2.49. The Morgan fingerprint density at radius 3 is 2.88 bits per heavy atom. The fourth-order valence-electron chi connectivity index (χ4n) is 1.62. The molecule has 0 radical (unpaired) electrons. The van der Waals surface area contributed by atoms with Gasteiger partial charge in [0.15, 0.2) is 5.76 Å². The van der Waals surface area contributed by atoms with Gasteiger partial charge < -0.3 is 4.42 Å². The summed E-state index contributed by atoms with van der Waals surface area (Å²) in [6.07, 6.45) is 4.68. The van der Waals surface area contributed by atoms with Crippen LogP contribution in [-0.2, 0) is 0 Å². The lowest BCUT2D eigenvalue weighted by Crippen LogP contribution is -2.37. The lowest BCUT2D eigenvalue weighted by atomic mass is 10.2. The Labute approximate surface area is 101 Å². The van der Waals surface area contributed by atoms with E-state index in [9.17, 15) is 4.79 Å². The van der Waals surface area contributed by atoms with E-state index in [2.05, 4.69) is 18.1 Å². The van der Waals surface area contributed by atoms with Crippen LogP contribution in [0.5, 0.6) is 0 Å². The molecule has 1 heterocycles. The van der Waals surface area contributed by atoms with Crippen molar-refractivity contribution in [1.29, 1.82) is 0 Å². The van der Waals surface area contributed by atoms with E-state index in [0.717, 1.165) is 12.2 Å². The summed E-state index contributed by atoms with van der Waals surface area (Å²) >= 11 is 1.81. The first-order chi connectivity index (χ1) is 7.69. The van der Waals surface area contributed by atoms with E-state index >= 15 is 0 Å². The van der Waals surface area contributed by atoms with Crippen molar-refractivity contribution < 1.29 is 9.21 Å². The van der Waals surface area contributed by atoms with Crippen LogP contribution >= 0.6 is 11.8 Å². The summed E-state index contributed by atoms with van der Waals surface area (Å²) in [6.45, 7) is 2.57. The van der Waals surface area contributed by atoms with Crippen molar-refractivity contribution in [2.75, 3.05) is 25.6 Å². The van der Waals surface area contributed by atoms with Crippen molar-refractivity contribution in [2.24, 2.45) is 0 Å². The van der Waals surface area contributed by atoms with Crippen molar-refractivity contribution in [3.63, 3.8) is 0 Å². The molecule has 1 aromatic rings. The molecule has 0 aromatic carbocycles. The summed E-state index contributed by atoms with van der Waals surface area (Å²) in [4.78, 5) is 13.9. The third kappa shape index (κ3) is 3.68. The number of carbonyl (C=O) groups is 1. The average molecular weight is 241 g/mol. The maximum atomic E-state index is 11.8. The molecule has 0 amide bonds. The van der Waals surface area contributed by atoms with E-state index in [1.807, 2.05) is 18.8 Å². The molecule has 0 saturated carbocycles. The van der Waals surface area contributed by atoms with Gasteiger partial charge in [-0.3, -0.25) is 9.69 Å². The Morgan fingerprint density at radius 2 is 2.38 bits per heavy atom. The molecule has 0 N–H and O–H groups in total. The normalized spacial score (nSPS) is 13.0.